The molecule has 0 aromatic carbocycles. The quantitative estimate of drug-likeness (QED) is 0.539. The van der Waals surface area contributed by atoms with Gasteiger partial charge in [-0.15, -0.1) is 0 Å². The van der Waals surface area contributed by atoms with Gasteiger partial charge < -0.3 is 4.90 Å². The fourth-order valence-electron chi connectivity index (χ4n) is 0.553. The van der Waals surface area contributed by atoms with E-state index in [0.29, 0.717) is 12.3 Å². The lowest BCUT2D eigenvalue weighted by Crippen LogP contribution is -3.06. The second kappa shape index (κ2) is 3.62. The van der Waals surface area contributed by atoms with Crippen molar-refractivity contribution < 1.29 is 9.69 Å². The summed E-state index contributed by atoms with van der Waals surface area (Å²) in [5, 5.41) is 0. The average Bonchev–Trinajstić information content (AvgIpc) is 1.63. The Balaban J connectivity index is 3.51. The Kier molecular flexibility index (Phi) is 3.47. The van der Waals surface area contributed by atoms with Crippen molar-refractivity contribution in [2.45, 2.75) is 13.8 Å². The van der Waals surface area contributed by atoms with Gasteiger partial charge in [-0.05, 0) is 0 Å². The highest BCUT2D eigenvalue weighted by Crippen LogP contribution is 1.89. The molecule has 0 aromatic rings. The molecule has 0 unspecified atom stereocenters. The Hall–Kier alpha value is -0.370. The largest absolute Gasteiger partial charge is 0.334 e. The highest BCUT2D eigenvalue weighted by Gasteiger charge is 2.09. The van der Waals surface area contributed by atoms with Crippen LogP contribution in [0.3, 0.4) is 0 Å². The number of carbonyl (C=O) groups is 1. The zero-order valence-corrected chi connectivity index (χ0v) is 6.69. The van der Waals surface area contributed by atoms with Crippen LogP contribution in [0, 0.1) is 5.92 Å². The van der Waals surface area contributed by atoms with E-state index in [4.69, 9.17) is 0 Å². The molecule has 0 bridgehead atoms. The molecule has 2 heteroatoms. The smallest absolute Gasteiger partial charge is 0.189 e. The van der Waals surface area contributed by atoms with Gasteiger partial charge in [0.05, 0.1) is 14.1 Å². The number of hydrogen-bond acceptors (Lipinski definition) is 1. The van der Waals surface area contributed by atoms with Crippen LogP contribution >= 0.6 is 0 Å². The van der Waals surface area contributed by atoms with Crippen molar-refractivity contribution >= 4 is 5.78 Å². The molecule has 0 amide bonds. The molecule has 0 atom stereocenters. The maximum absolute atomic E-state index is 10.9. The third kappa shape index (κ3) is 4.15. The molecule has 54 valence electrons. The number of rotatable bonds is 3. The number of hydrogen-bond donors (Lipinski definition) is 1. The molecule has 9 heavy (non-hydrogen) atoms. The van der Waals surface area contributed by atoms with Crippen molar-refractivity contribution in [2.24, 2.45) is 5.92 Å². The summed E-state index contributed by atoms with van der Waals surface area (Å²) >= 11 is 0. The van der Waals surface area contributed by atoms with Crippen LogP contribution in [0.25, 0.3) is 0 Å². The molecular formula is C7H16NO+. The minimum Gasteiger partial charge on any atom is -0.334 e. The van der Waals surface area contributed by atoms with Crippen LogP contribution in [-0.2, 0) is 4.79 Å². The Labute approximate surface area is 56.9 Å². The van der Waals surface area contributed by atoms with Gasteiger partial charge >= 0.3 is 0 Å². The number of ketones is 1. The van der Waals surface area contributed by atoms with E-state index in [2.05, 4.69) is 0 Å². The summed E-state index contributed by atoms with van der Waals surface area (Å²) in [6.45, 7) is 4.52. The molecule has 0 aliphatic heterocycles. The molecule has 2 nitrogen and oxygen atoms in total. The van der Waals surface area contributed by atoms with Gasteiger partial charge in [0.2, 0.25) is 0 Å². The average molecular weight is 130 g/mol. The molecule has 0 radical (unpaired) electrons. The van der Waals surface area contributed by atoms with Crippen LogP contribution in [-0.4, -0.2) is 26.4 Å². The van der Waals surface area contributed by atoms with Gasteiger partial charge in [-0.25, -0.2) is 0 Å². The highest BCUT2D eigenvalue weighted by atomic mass is 16.1. The summed E-state index contributed by atoms with van der Waals surface area (Å²) in [6, 6.07) is 0. The van der Waals surface area contributed by atoms with E-state index in [1.807, 2.05) is 27.9 Å². The first-order valence-corrected chi connectivity index (χ1v) is 3.35. The van der Waals surface area contributed by atoms with E-state index < -0.39 is 0 Å². The number of quaternary nitrogens is 1. The maximum Gasteiger partial charge on any atom is 0.189 e. The topological polar surface area (TPSA) is 21.5 Å². The molecule has 0 aliphatic carbocycles. The van der Waals surface area contributed by atoms with Crippen molar-refractivity contribution in [3.05, 3.63) is 0 Å². The summed E-state index contributed by atoms with van der Waals surface area (Å²) < 4.78 is 0. The van der Waals surface area contributed by atoms with Crippen LogP contribution in [0.15, 0.2) is 0 Å². The second-order valence-corrected chi connectivity index (χ2v) is 3.00. The number of carbonyl (C=O) groups excluding carboxylic acids is 1. The molecule has 0 heterocycles. The van der Waals surface area contributed by atoms with Crippen molar-refractivity contribution in [2.75, 3.05) is 20.6 Å². The lowest BCUT2D eigenvalue weighted by molar-refractivity contribution is -0.849. The van der Waals surface area contributed by atoms with Gasteiger partial charge in [0.1, 0.15) is 6.54 Å². The number of nitrogens with one attached hydrogen (secondary N) is 1. The zero-order valence-electron chi connectivity index (χ0n) is 6.69. The van der Waals surface area contributed by atoms with Gasteiger partial charge in [-0.1, -0.05) is 13.8 Å². The summed E-state index contributed by atoms with van der Waals surface area (Å²) in [5.74, 6) is 0.537. The van der Waals surface area contributed by atoms with Crippen molar-refractivity contribution in [3.63, 3.8) is 0 Å². The monoisotopic (exact) mass is 130 g/mol. The first-order chi connectivity index (χ1) is 4.04. The van der Waals surface area contributed by atoms with Crippen LogP contribution in [0.5, 0.6) is 0 Å². The molecule has 0 saturated carbocycles. The molecule has 0 aromatic heterocycles. The molecule has 0 saturated heterocycles. The minimum absolute atomic E-state index is 0.194. The minimum atomic E-state index is 0.194. The third-order valence-electron chi connectivity index (χ3n) is 1.17. The summed E-state index contributed by atoms with van der Waals surface area (Å²) in [5.41, 5.74) is 0. The fraction of sp³-hybridized carbons (Fsp3) is 0.857. The fourth-order valence-corrected chi connectivity index (χ4v) is 0.553. The van der Waals surface area contributed by atoms with E-state index in [1.54, 1.807) is 0 Å². The van der Waals surface area contributed by atoms with Crippen molar-refractivity contribution in [1.82, 2.24) is 0 Å². The van der Waals surface area contributed by atoms with Gasteiger partial charge in [-0.3, -0.25) is 4.79 Å². The molecule has 0 fully saturated rings. The second-order valence-electron chi connectivity index (χ2n) is 3.00. The van der Waals surface area contributed by atoms with Gasteiger partial charge in [0, 0.05) is 5.92 Å². The van der Waals surface area contributed by atoms with E-state index in [1.165, 1.54) is 4.90 Å². The van der Waals surface area contributed by atoms with Crippen molar-refractivity contribution in [1.29, 1.82) is 0 Å². The molecule has 0 rings (SSSR count). The van der Waals surface area contributed by atoms with Crippen LogP contribution in [0.4, 0.5) is 0 Å². The van der Waals surface area contributed by atoms with E-state index in [9.17, 15) is 4.79 Å². The highest BCUT2D eigenvalue weighted by molar-refractivity contribution is 5.81. The van der Waals surface area contributed by atoms with Gasteiger partial charge in [-0.2, -0.15) is 0 Å². The Morgan fingerprint density at radius 3 is 2.00 bits per heavy atom. The van der Waals surface area contributed by atoms with E-state index in [0.717, 1.165) is 0 Å². The standard InChI is InChI=1S/C7H15NO/c1-6(2)7(9)5-8(3)4/h6H,5H2,1-4H3/p+1. The van der Waals surface area contributed by atoms with E-state index >= 15 is 0 Å². The summed E-state index contributed by atoms with van der Waals surface area (Å²) in [4.78, 5) is 12.1. The van der Waals surface area contributed by atoms with Crippen LogP contribution < -0.4 is 4.90 Å². The Morgan fingerprint density at radius 1 is 1.44 bits per heavy atom. The van der Waals surface area contributed by atoms with Crippen LogP contribution in [0.1, 0.15) is 13.8 Å². The van der Waals surface area contributed by atoms with Gasteiger partial charge in [0.25, 0.3) is 0 Å². The predicted octanol–water partition coefficient (Wildman–Crippen LogP) is -0.644. The zero-order chi connectivity index (χ0) is 7.44. The SMILES string of the molecule is CC(C)C(=O)C[NH+](C)C. The Morgan fingerprint density at radius 2 is 1.89 bits per heavy atom. The predicted molar refractivity (Wildman–Crippen MR) is 37.5 cm³/mol. The van der Waals surface area contributed by atoms with Crippen LogP contribution in [0.2, 0.25) is 0 Å². The molecular weight excluding hydrogens is 114 g/mol. The normalized spacial score (nSPS) is 10.9. The van der Waals surface area contributed by atoms with Crippen molar-refractivity contribution in [3.8, 4) is 0 Å². The Bertz CT molecular complexity index is 97.1. The lowest BCUT2D eigenvalue weighted by atomic mass is 10.1. The number of Topliss-reactive ketones (excluding diaryl/α,β-unsaturated/α-hetero) is 1. The molecule has 1 N–H and O–H groups in total. The molecule has 0 aliphatic rings. The van der Waals surface area contributed by atoms with E-state index in [-0.39, 0.29) is 5.92 Å². The lowest BCUT2D eigenvalue weighted by Gasteiger charge is -2.07. The summed E-state index contributed by atoms with van der Waals surface area (Å²) in [6.07, 6.45) is 0. The summed E-state index contributed by atoms with van der Waals surface area (Å²) in [7, 11) is 3.97. The van der Waals surface area contributed by atoms with Gasteiger partial charge in [0.15, 0.2) is 5.78 Å². The maximum atomic E-state index is 10.9. The first-order valence-electron chi connectivity index (χ1n) is 3.35. The molecule has 0 spiro atoms. The third-order valence-corrected chi connectivity index (χ3v) is 1.17. The number of likely N-dealkylation sites (N-methyl/N-ethyl adjacent to an activating group) is 1. The first kappa shape index (κ1) is 8.63.